The molecule has 2 aromatic rings. The summed E-state index contributed by atoms with van der Waals surface area (Å²) >= 11 is 11.9. The highest BCUT2D eigenvalue weighted by Gasteiger charge is 2.31. The third kappa shape index (κ3) is 4.98. The first-order valence-corrected chi connectivity index (χ1v) is 10.4. The minimum atomic E-state index is -4.02. The summed E-state index contributed by atoms with van der Waals surface area (Å²) < 4.78 is 28.0. The summed E-state index contributed by atoms with van der Waals surface area (Å²) in [4.78, 5) is 12.4. The molecule has 0 spiro atoms. The quantitative estimate of drug-likeness (QED) is 0.732. The fraction of sp³-hybridized carbons (Fsp3) is 0.278. The van der Waals surface area contributed by atoms with Crippen molar-refractivity contribution < 1.29 is 13.2 Å². The maximum Gasteiger partial charge on any atom is 0.242 e. The van der Waals surface area contributed by atoms with E-state index in [1.54, 1.807) is 0 Å². The van der Waals surface area contributed by atoms with Crippen LogP contribution in [0, 0.1) is 0 Å². The van der Waals surface area contributed by atoms with E-state index in [0.717, 1.165) is 18.4 Å². The van der Waals surface area contributed by atoms with Crippen molar-refractivity contribution in [3.63, 3.8) is 0 Å². The van der Waals surface area contributed by atoms with Crippen molar-refractivity contribution >= 4 is 39.1 Å². The Kier molecular flexibility index (Phi) is 5.87. The molecule has 0 heterocycles. The highest BCUT2D eigenvalue weighted by atomic mass is 35.5. The summed E-state index contributed by atoms with van der Waals surface area (Å²) in [6.07, 6.45) is 2.06. The van der Waals surface area contributed by atoms with Crippen molar-refractivity contribution in [3.8, 4) is 0 Å². The molecule has 2 N–H and O–H groups in total. The second kappa shape index (κ2) is 7.96. The molecule has 5 nitrogen and oxygen atoms in total. The molecule has 0 unspecified atom stereocenters. The molecular weight excluding hydrogens is 395 g/mol. The molecular formula is C18H18Cl2N2O3S. The second-order valence-corrected chi connectivity index (χ2v) is 8.75. The average molecular weight is 413 g/mol. The third-order valence-corrected chi connectivity index (χ3v) is 6.19. The first kappa shape index (κ1) is 19.2. The predicted octanol–water partition coefficient (Wildman–Crippen LogP) is 3.16. The summed E-state index contributed by atoms with van der Waals surface area (Å²) in [5.74, 6) is -0.349. The van der Waals surface area contributed by atoms with Gasteiger partial charge >= 0.3 is 0 Å². The lowest BCUT2D eigenvalue weighted by molar-refractivity contribution is -0.122. The molecule has 1 aliphatic rings. The summed E-state index contributed by atoms with van der Waals surface area (Å²) in [7, 11) is -4.02. The van der Waals surface area contributed by atoms with E-state index in [0.29, 0.717) is 0 Å². The minimum Gasteiger partial charge on any atom is -0.352 e. The van der Waals surface area contributed by atoms with Gasteiger partial charge in [0, 0.05) is 11.1 Å². The van der Waals surface area contributed by atoms with Crippen molar-refractivity contribution in [2.75, 3.05) is 0 Å². The minimum absolute atomic E-state index is 0.0444. The molecule has 0 aliphatic heterocycles. The lowest BCUT2D eigenvalue weighted by Gasteiger charge is -2.19. The first-order valence-electron chi connectivity index (χ1n) is 8.17. The maximum absolute atomic E-state index is 12.8. The van der Waals surface area contributed by atoms with Gasteiger partial charge in [0.2, 0.25) is 15.9 Å². The second-order valence-electron chi connectivity index (χ2n) is 6.22. The molecule has 8 heteroatoms. The van der Waals surface area contributed by atoms with Gasteiger partial charge in [-0.15, -0.1) is 0 Å². The van der Waals surface area contributed by atoms with Crippen LogP contribution in [0.1, 0.15) is 18.4 Å². The van der Waals surface area contributed by atoms with Crippen LogP contribution in [-0.2, 0) is 21.2 Å². The molecule has 1 atom stereocenters. The summed E-state index contributed by atoms with van der Waals surface area (Å²) in [5.41, 5.74) is 0.850. The molecule has 1 fully saturated rings. The van der Waals surface area contributed by atoms with Crippen LogP contribution >= 0.6 is 23.2 Å². The Morgan fingerprint density at radius 3 is 2.46 bits per heavy atom. The third-order valence-electron chi connectivity index (χ3n) is 4.00. The Bertz CT molecular complexity index is 900. The van der Waals surface area contributed by atoms with E-state index in [1.165, 1.54) is 18.2 Å². The normalized spacial score (nSPS) is 15.5. The lowest BCUT2D eigenvalue weighted by Crippen LogP contribution is -2.48. The molecule has 26 heavy (non-hydrogen) atoms. The number of benzene rings is 2. The van der Waals surface area contributed by atoms with Crippen molar-refractivity contribution in [2.24, 2.45) is 0 Å². The predicted molar refractivity (Wildman–Crippen MR) is 102 cm³/mol. The van der Waals surface area contributed by atoms with E-state index in [-0.39, 0.29) is 33.3 Å². The number of carbonyl (C=O) groups is 1. The number of amides is 1. The molecule has 0 aromatic heterocycles. The Balaban J connectivity index is 1.85. The fourth-order valence-corrected chi connectivity index (χ4v) is 4.46. The van der Waals surface area contributed by atoms with Crippen molar-refractivity contribution in [2.45, 2.75) is 36.2 Å². The van der Waals surface area contributed by atoms with Gasteiger partial charge in [-0.2, -0.15) is 4.72 Å². The largest absolute Gasteiger partial charge is 0.352 e. The van der Waals surface area contributed by atoms with E-state index in [1.807, 2.05) is 30.3 Å². The Labute approximate surface area is 162 Å². The zero-order chi connectivity index (χ0) is 18.7. The zero-order valence-corrected chi connectivity index (χ0v) is 16.1. The summed E-state index contributed by atoms with van der Waals surface area (Å²) in [6, 6.07) is 12.6. The number of hydrogen-bond donors (Lipinski definition) is 2. The maximum atomic E-state index is 12.8. The van der Waals surface area contributed by atoms with Crippen LogP contribution in [0.15, 0.2) is 53.4 Å². The fourth-order valence-electron chi connectivity index (χ4n) is 2.50. The number of hydrogen-bond acceptors (Lipinski definition) is 3. The monoisotopic (exact) mass is 412 g/mol. The molecule has 3 rings (SSSR count). The number of halogens is 2. The molecule has 138 valence electrons. The molecule has 1 saturated carbocycles. The summed E-state index contributed by atoms with van der Waals surface area (Å²) in [5, 5.41) is 3.14. The van der Waals surface area contributed by atoms with Crippen LogP contribution < -0.4 is 10.0 Å². The topological polar surface area (TPSA) is 75.3 Å². The van der Waals surface area contributed by atoms with Crippen molar-refractivity contribution in [3.05, 3.63) is 64.1 Å². The van der Waals surface area contributed by atoms with Crippen molar-refractivity contribution in [1.82, 2.24) is 10.0 Å². The summed E-state index contributed by atoms with van der Waals surface area (Å²) in [6.45, 7) is 0. The van der Waals surface area contributed by atoms with Crippen LogP contribution in [0.5, 0.6) is 0 Å². The van der Waals surface area contributed by atoms with Crippen LogP contribution in [0.3, 0.4) is 0 Å². The number of sulfonamides is 1. The number of rotatable bonds is 7. The Morgan fingerprint density at radius 2 is 1.81 bits per heavy atom. The van der Waals surface area contributed by atoms with Crippen LogP contribution in [0.4, 0.5) is 0 Å². The van der Waals surface area contributed by atoms with Gasteiger partial charge in [0.15, 0.2) is 0 Å². The van der Waals surface area contributed by atoms with E-state index in [9.17, 15) is 13.2 Å². The zero-order valence-electron chi connectivity index (χ0n) is 13.8. The van der Waals surface area contributed by atoms with E-state index in [4.69, 9.17) is 23.2 Å². The van der Waals surface area contributed by atoms with Crippen molar-refractivity contribution in [1.29, 1.82) is 0 Å². The SMILES string of the molecule is O=C(NC1CC1)[C@H](Cc1ccccc1)NS(=O)(=O)c1cc(Cl)ccc1Cl. The van der Waals surface area contributed by atoms with Gasteiger partial charge in [-0.05, 0) is 43.0 Å². The van der Waals surface area contributed by atoms with E-state index < -0.39 is 16.1 Å². The van der Waals surface area contributed by atoms with Gasteiger partial charge in [0.05, 0.1) is 5.02 Å². The van der Waals surface area contributed by atoms with Crippen LogP contribution in [-0.4, -0.2) is 26.4 Å². The highest BCUT2D eigenvalue weighted by Crippen LogP contribution is 2.25. The Morgan fingerprint density at radius 1 is 1.12 bits per heavy atom. The lowest BCUT2D eigenvalue weighted by atomic mass is 10.1. The molecule has 1 aliphatic carbocycles. The molecule has 2 aromatic carbocycles. The number of carbonyl (C=O) groups excluding carboxylic acids is 1. The standard InChI is InChI=1S/C18H18Cl2N2O3S/c19-13-6-9-15(20)17(11-13)26(24,25)22-16(18(23)21-14-7-8-14)10-12-4-2-1-3-5-12/h1-6,9,11,14,16,22H,7-8,10H2,(H,21,23)/t16-/m0/s1. The molecule has 1 amide bonds. The molecule has 0 radical (unpaired) electrons. The van der Waals surface area contributed by atoms with Crippen LogP contribution in [0.25, 0.3) is 0 Å². The molecule has 0 saturated heterocycles. The smallest absolute Gasteiger partial charge is 0.242 e. The average Bonchev–Trinajstić information content (AvgIpc) is 3.41. The van der Waals surface area contributed by atoms with Gasteiger partial charge in [-0.1, -0.05) is 53.5 Å². The van der Waals surface area contributed by atoms with Gasteiger partial charge in [-0.25, -0.2) is 8.42 Å². The highest BCUT2D eigenvalue weighted by molar-refractivity contribution is 7.89. The number of nitrogens with one attached hydrogen (secondary N) is 2. The first-order chi connectivity index (χ1) is 12.3. The van der Waals surface area contributed by atoms with Gasteiger partial charge in [0.1, 0.15) is 10.9 Å². The van der Waals surface area contributed by atoms with Gasteiger partial charge in [0.25, 0.3) is 0 Å². The van der Waals surface area contributed by atoms with E-state index in [2.05, 4.69) is 10.0 Å². The van der Waals surface area contributed by atoms with E-state index >= 15 is 0 Å². The van der Waals surface area contributed by atoms with Gasteiger partial charge < -0.3 is 5.32 Å². The van der Waals surface area contributed by atoms with Gasteiger partial charge in [-0.3, -0.25) is 4.79 Å². The Hall–Kier alpha value is -1.60. The molecule has 0 bridgehead atoms. The van der Waals surface area contributed by atoms with Crippen LogP contribution in [0.2, 0.25) is 10.0 Å².